The highest BCUT2D eigenvalue weighted by molar-refractivity contribution is 4.88. The summed E-state index contributed by atoms with van der Waals surface area (Å²) in [4.78, 5) is 0. The third kappa shape index (κ3) is 13.8. The van der Waals surface area contributed by atoms with Crippen LogP contribution in [0.2, 0.25) is 0 Å². The highest BCUT2D eigenvalue weighted by Crippen LogP contribution is 2.49. The minimum Gasteiger partial charge on any atom is -0.0683 e. The van der Waals surface area contributed by atoms with E-state index in [9.17, 15) is 0 Å². The maximum Gasteiger partial charge on any atom is -0.0321 e. The van der Waals surface area contributed by atoms with Gasteiger partial charge in [-0.1, -0.05) is 122 Å². The lowest BCUT2D eigenvalue weighted by Gasteiger charge is -2.23. The zero-order valence-electron chi connectivity index (χ0n) is 23.0. The van der Waals surface area contributed by atoms with Crippen LogP contribution >= 0.6 is 0 Å². The van der Waals surface area contributed by atoms with E-state index in [-0.39, 0.29) is 0 Å². The van der Waals surface area contributed by atoms with E-state index in [2.05, 4.69) is 69.2 Å². The van der Waals surface area contributed by atoms with Crippen LogP contribution in [0.4, 0.5) is 0 Å². The number of hydrogen-bond acceptors (Lipinski definition) is 0. The molecule has 1 aliphatic rings. The summed E-state index contributed by atoms with van der Waals surface area (Å²) in [5.41, 5.74) is 0.689. The molecule has 0 heterocycles. The van der Waals surface area contributed by atoms with Crippen LogP contribution in [0.5, 0.6) is 0 Å². The van der Waals surface area contributed by atoms with E-state index in [0.717, 1.165) is 35.5 Å². The molecule has 0 amide bonds. The van der Waals surface area contributed by atoms with Gasteiger partial charge in [0.2, 0.25) is 0 Å². The van der Waals surface area contributed by atoms with Crippen LogP contribution in [0, 0.1) is 40.9 Å². The third-order valence-electron chi connectivity index (χ3n) is 7.94. The van der Waals surface area contributed by atoms with Gasteiger partial charge >= 0.3 is 0 Å². The average Bonchev–Trinajstić information content (AvgIpc) is 3.00. The van der Waals surface area contributed by atoms with Gasteiger partial charge in [-0.05, 0) is 66.6 Å². The second-order valence-corrected chi connectivity index (χ2v) is 10.9. The fourth-order valence-corrected chi connectivity index (χ4v) is 5.23. The molecule has 1 saturated carbocycles. The Bertz CT molecular complexity index is 344. The molecule has 0 radical (unpaired) electrons. The summed E-state index contributed by atoms with van der Waals surface area (Å²) in [6.45, 7) is 27.8. The molecule has 0 aromatic carbocycles. The van der Waals surface area contributed by atoms with Crippen molar-refractivity contribution < 1.29 is 0 Å². The molecule has 178 valence electrons. The first-order valence-electron chi connectivity index (χ1n) is 13.6. The Morgan fingerprint density at radius 3 is 1.83 bits per heavy atom. The smallest absolute Gasteiger partial charge is 0.0321 e. The molecule has 0 N–H and O–H groups in total. The van der Waals surface area contributed by atoms with E-state index >= 15 is 0 Å². The van der Waals surface area contributed by atoms with Crippen molar-refractivity contribution in [2.24, 2.45) is 40.9 Å². The molecule has 0 bridgehead atoms. The van der Waals surface area contributed by atoms with Gasteiger partial charge in [0, 0.05) is 0 Å². The van der Waals surface area contributed by atoms with Gasteiger partial charge in [0.1, 0.15) is 0 Å². The summed E-state index contributed by atoms with van der Waals surface area (Å²) < 4.78 is 0. The second-order valence-electron chi connectivity index (χ2n) is 10.9. The van der Waals surface area contributed by atoms with E-state index in [4.69, 9.17) is 0 Å². The zero-order valence-corrected chi connectivity index (χ0v) is 23.0. The first kappa shape index (κ1) is 31.2. The van der Waals surface area contributed by atoms with E-state index in [1.165, 1.54) is 64.2 Å². The lowest BCUT2D eigenvalue weighted by molar-refractivity contribution is 0.285. The van der Waals surface area contributed by atoms with Crippen molar-refractivity contribution in [1.29, 1.82) is 0 Å². The molecule has 0 nitrogen and oxygen atoms in total. The first-order valence-corrected chi connectivity index (χ1v) is 13.6. The van der Waals surface area contributed by atoms with Crippen LogP contribution in [0.25, 0.3) is 0 Å². The SMILES string of the molecule is CC.CCC(C)CC[C@H](CC)CC(C)C(C)C.CCCC1(C)CC(C)C(CC)C1. The molecule has 6 atom stereocenters. The first-order chi connectivity index (χ1) is 13.6. The van der Waals surface area contributed by atoms with Gasteiger partial charge in [-0.15, -0.1) is 0 Å². The van der Waals surface area contributed by atoms with E-state index in [1.807, 2.05) is 13.8 Å². The highest BCUT2D eigenvalue weighted by Gasteiger charge is 2.37. The molecule has 0 heteroatoms. The lowest BCUT2D eigenvalue weighted by Crippen LogP contribution is -2.11. The largest absolute Gasteiger partial charge is 0.0683 e. The number of rotatable bonds is 11. The van der Waals surface area contributed by atoms with E-state index in [1.54, 1.807) is 0 Å². The minimum absolute atomic E-state index is 0.689. The minimum atomic E-state index is 0.689. The lowest BCUT2D eigenvalue weighted by atomic mass is 9.83. The number of hydrogen-bond donors (Lipinski definition) is 0. The summed E-state index contributed by atoms with van der Waals surface area (Å²) in [5, 5.41) is 0. The summed E-state index contributed by atoms with van der Waals surface area (Å²) in [6, 6.07) is 0. The highest BCUT2D eigenvalue weighted by atomic mass is 14.4. The molecule has 29 heavy (non-hydrogen) atoms. The summed E-state index contributed by atoms with van der Waals surface area (Å²) >= 11 is 0. The van der Waals surface area contributed by atoms with Gasteiger partial charge in [-0.25, -0.2) is 0 Å². The average molecular weight is 411 g/mol. The Morgan fingerprint density at radius 1 is 0.862 bits per heavy atom. The van der Waals surface area contributed by atoms with Crippen molar-refractivity contribution in [3.05, 3.63) is 0 Å². The van der Waals surface area contributed by atoms with Gasteiger partial charge in [0.05, 0.1) is 0 Å². The Balaban J connectivity index is 0. The predicted molar refractivity (Wildman–Crippen MR) is 138 cm³/mol. The van der Waals surface area contributed by atoms with Gasteiger partial charge in [-0.3, -0.25) is 0 Å². The summed E-state index contributed by atoms with van der Waals surface area (Å²) in [5.74, 6) is 5.63. The van der Waals surface area contributed by atoms with Crippen LogP contribution in [0.3, 0.4) is 0 Å². The summed E-state index contributed by atoms with van der Waals surface area (Å²) in [6.07, 6.45) is 14.2. The Hall–Kier alpha value is 0. The van der Waals surface area contributed by atoms with E-state index in [0.29, 0.717) is 5.41 Å². The monoisotopic (exact) mass is 410 g/mol. The van der Waals surface area contributed by atoms with Crippen LogP contribution in [0.1, 0.15) is 147 Å². The fraction of sp³-hybridized carbons (Fsp3) is 1.00. The third-order valence-corrected chi connectivity index (χ3v) is 7.94. The zero-order chi connectivity index (χ0) is 23.0. The van der Waals surface area contributed by atoms with Gasteiger partial charge < -0.3 is 0 Å². The molecular formula is C29H62. The normalized spacial score (nSPS) is 26.8. The van der Waals surface area contributed by atoms with Crippen LogP contribution in [-0.4, -0.2) is 0 Å². The van der Waals surface area contributed by atoms with Crippen molar-refractivity contribution in [2.45, 2.75) is 147 Å². The quantitative estimate of drug-likeness (QED) is 0.317. The molecule has 1 aliphatic carbocycles. The van der Waals surface area contributed by atoms with Gasteiger partial charge in [0.15, 0.2) is 0 Å². The second kappa shape index (κ2) is 17.7. The van der Waals surface area contributed by atoms with E-state index < -0.39 is 0 Å². The van der Waals surface area contributed by atoms with Crippen LogP contribution < -0.4 is 0 Å². The molecule has 0 aromatic rings. The Kier molecular flexibility index (Phi) is 19.0. The molecule has 1 fully saturated rings. The van der Waals surface area contributed by atoms with Crippen LogP contribution in [-0.2, 0) is 0 Å². The van der Waals surface area contributed by atoms with Crippen molar-refractivity contribution in [3.8, 4) is 0 Å². The maximum atomic E-state index is 2.49. The fourth-order valence-electron chi connectivity index (χ4n) is 5.23. The predicted octanol–water partition coefficient (Wildman–Crippen LogP) is 10.8. The molecule has 0 aromatic heterocycles. The Morgan fingerprint density at radius 2 is 1.45 bits per heavy atom. The van der Waals surface area contributed by atoms with Gasteiger partial charge in [0.25, 0.3) is 0 Å². The summed E-state index contributed by atoms with van der Waals surface area (Å²) in [7, 11) is 0. The van der Waals surface area contributed by atoms with Crippen molar-refractivity contribution >= 4 is 0 Å². The molecule has 5 unspecified atom stereocenters. The van der Waals surface area contributed by atoms with Crippen molar-refractivity contribution in [1.82, 2.24) is 0 Å². The molecule has 0 aliphatic heterocycles. The topological polar surface area (TPSA) is 0 Å². The van der Waals surface area contributed by atoms with Crippen LogP contribution in [0.15, 0.2) is 0 Å². The Labute approximate surface area is 188 Å². The van der Waals surface area contributed by atoms with Gasteiger partial charge in [-0.2, -0.15) is 0 Å². The molecular weight excluding hydrogens is 348 g/mol. The molecule has 0 saturated heterocycles. The van der Waals surface area contributed by atoms with Crippen molar-refractivity contribution in [3.63, 3.8) is 0 Å². The molecule has 0 spiro atoms. The molecule has 1 rings (SSSR count). The van der Waals surface area contributed by atoms with Crippen molar-refractivity contribution in [2.75, 3.05) is 0 Å². The standard InChI is InChI=1S/C15H32.C12H24.C2H6/c1-7-13(5)9-10-15(8-2)11-14(6)12(3)4;1-5-7-12(4)8-10(3)11(6-2)9-12;1-2/h12-15H,7-11H2,1-6H3;10-11H,5-9H2,1-4H3;1-2H3/t13?,14?,15-;;/m0../s1. The maximum absolute atomic E-state index is 2.49.